The molecule has 5 aliphatic rings. The van der Waals surface area contributed by atoms with Crippen molar-refractivity contribution in [1.82, 2.24) is 0 Å². The maximum atomic E-state index is 10.9. The summed E-state index contributed by atoms with van der Waals surface area (Å²) in [6, 6.07) is 0. The zero-order valence-corrected chi connectivity index (χ0v) is 21.6. The first kappa shape index (κ1) is 23.4. The Hall–Kier alpha value is -0.340. The van der Waals surface area contributed by atoms with Crippen LogP contribution in [0.4, 0.5) is 0 Å². The van der Waals surface area contributed by atoms with Gasteiger partial charge in [0.05, 0.1) is 6.10 Å². The summed E-state index contributed by atoms with van der Waals surface area (Å²) in [6.07, 6.45) is 12.0. The van der Waals surface area contributed by atoms with E-state index in [0.717, 1.165) is 24.3 Å². The second-order valence-electron chi connectivity index (χ2n) is 14.4. The van der Waals surface area contributed by atoms with Crippen LogP contribution >= 0.6 is 0 Å². The quantitative estimate of drug-likeness (QED) is 0.494. The Labute approximate surface area is 197 Å². The van der Waals surface area contributed by atoms with Gasteiger partial charge in [-0.15, -0.1) is 0 Å². The molecule has 2 heteroatoms. The van der Waals surface area contributed by atoms with Crippen LogP contribution in [0.1, 0.15) is 98.8 Å². The Bertz CT molecular complexity index is 786. The lowest BCUT2D eigenvalue weighted by Crippen LogP contribution is -2.66. The fourth-order valence-electron chi connectivity index (χ4n) is 11.5. The standard InChI is InChI=1S/C30H49O2/c1-19(2)20-10-15-30(18-31)17-16-28(6)21(25(20)30)8-9-23-27(5)13-12-24(32)26(3,4)22(27)11-14-29(23,28)7/h20-25,31-32H,1-2,8-18H2,3-7H3/t20-,21+,22-,23?,24-,25+,27-,28+,29+,30+/m0/s1. The zero-order valence-electron chi connectivity index (χ0n) is 21.6. The first-order valence-electron chi connectivity index (χ1n) is 13.7. The van der Waals surface area contributed by atoms with E-state index in [1.54, 1.807) is 0 Å². The Morgan fingerprint density at radius 2 is 1.53 bits per heavy atom. The van der Waals surface area contributed by atoms with Crippen LogP contribution in [0.3, 0.4) is 0 Å². The highest BCUT2D eigenvalue weighted by Gasteiger charge is 2.70. The summed E-state index contributed by atoms with van der Waals surface area (Å²) in [6.45, 7) is 21.6. The number of allylic oxidation sites excluding steroid dienone is 1. The molecule has 2 N–H and O–H groups in total. The van der Waals surface area contributed by atoms with Crippen molar-refractivity contribution >= 4 is 0 Å². The van der Waals surface area contributed by atoms with Gasteiger partial charge < -0.3 is 10.2 Å². The maximum absolute atomic E-state index is 10.9. The minimum absolute atomic E-state index is 0.0207. The average Bonchev–Trinajstić information content (AvgIpc) is 3.12. The maximum Gasteiger partial charge on any atom is 0.0594 e. The van der Waals surface area contributed by atoms with Crippen LogP contribution in [0.15, 0.2) is 12.2 Å². The summed E-state index contributed by atoms with van der Waals surface area (Å²) in [5.41, 5.74) is 2.24. The lowest BCUT2D eigenvalue weighted by Gasteiger charge is -2.73. The molecule has 0 bridgehead atoms. The van der Waals surface area contributed by atoms with Crippen LogP contribution in [0.2, 0.25) is 0 Å². The Balaban J connectivity index is 1.55. The van der Waals surface area contributed by atoms with Crippen LogP contribution in [0, 0.1) is 63.6 Å². The van der Waals surface area contributed by atoms with E-state index in [2.05, 4.69) is 48.1 Å². The van der Waals surface area contributed by atoms with E-state index in [9.17, 15) is 10.2 Å². The van der Waals surface area contributed by atoms with Crippen molar-refractivity contribution in [2.24, 2.45) is 56.7 Å². The van der Waals surface area contributed by atoms with Gasteiger partial charge in [-0.25, -0.2) is 0 Å². The molecule has 1 radical (unpaired) electrons. The Morgan fingerprint density at radius 1 is 0.812 bits per heavy atom. The van der Waals surface area contributed by atoms with E-state index in [-0.39, 0.29) is 16.9 Å². The van der Waals surface area contributed by atoms with E-state index < -0.39 is 0 Å². The predicted octanol–water partition coefficient (Wildman–Crippen LogP) is 6.81. The molecule has 0 saturated heterocycles. The third-order valence-electron chi connectivity index (χ3n) is 13.4. The number of rotatable bonds is 2. The first-order chi connectivity index (χ1) is 14.9. The predicted molar refractivity (Wildman–Crippen MR) is 132 cm³/mol. The molecular weight excluding hydrogens is 392 g/mol. The van der Waals surface area contributed by atoms with Gasteiger partial charge in [0.15, 0.2) is 0 Å². The van der Waals surface area contributed by atoms with Gasteiger partial charge in [-0.3, -0.25) is 0 Å². The summed E-state index contributed by atoms with van der Waals surface area (Å²) in [7, 11) is 0. The number of aliphatic hydroxyl groups is 2. The minimum Gasteiger partial charge on any atom is -0.396 e. The van der Waals surface area contributed by atoms with Crippen molar-refractivity contribution in [2.45, 2.75) is 105 Å². The third kappa shape index (κ3) is 2.66. The van der Waals surface area contributed by atoms with Gasteiger partial charge in [-0.1, -0.05) is 46.8 Å². The monoisotopic (exact) mass is 441 g/mol. The summed E-state index contributed by atoms with van der Waals surface area (Å²) in [4.78, 5) is 0. The molecular formula is C30H49O2. The van der Waals surface area contributed by atoms with Gasteiger partial charge in [0.25, 0.3) is 0 Å². The van der Waals surface area contributed by atoms with Gasteiger partial charge in [-0.05, 0) is 128 Å². The molecule has 10 atom stereocenters. The molecule has 5 rings (SSSR count). The largest absolute Gasteiger partial charge is 0.396 e. The minimum atomic E-state index is -0.154. The number of hydrogen-bond acceptors (Lipinski definition) is 2. The van der Waals surface area contributed by atoms with Crippen molar-refractivity contribution < 1.29 is 10.2 Å². The van der Waals surface area contributed by atoms with Crippen molar-refractivity contribution in [3.8, 4) is 0 Å². The summed E-state index contributed by atoms with van der Waals surface area (Å²) < 4.78 is 0. The van der Waals surface area contributed by atoms with Crippen LogP contribution in [-0.2, 0) is 0 Å². The molecule has 0 aromatic rings. The van der Waals surface area contributed by atoms with Crippen LogP contribution in [0.25, 0.3) is 0 Å². The van der Waals surface area contributed by atoms with Crippen molar-refractivity contribution in [2.75, 3.05) is 6.61 Å². The molecule has 5 fully saturated rings. The normalized spacial score (nSPS) is 56.5. The summed E-state index contributed by atoms with van der Waals surface area (Å²) in [5, 5.41) is 21.5. The topological polar surface area (TPSA) is 40.5 Å². The highest BCUT2D eigenvalue weighted by Crippen LogP contribution is 2.77. The van der Waals surface area contributed by atoms with Crippen LogP contribution in [-0.4, -0.2) is 22.9 Å². The van der Waals surface area contributed by atoms with Gasteiger partial charge in [-0.2, -0.15) is 0 Å². The second kappa shape index (κ2) is 7.09. The lowest BCUT2D eigenvalue weighted by molar-refractivity contribution is -0.249. The van der Waals surface area contributed by atoms with Gasteiger partial charge >= 0.3 is 0 Å². The van der Waals surface area contributed by atoms with Gasteiger partial charge in [0.2, 0.25) is 0 Å². The molecule has 0 spiro atoms. The van der Waals surface area contributed by atoms with Crippen molar-refractivity contribution in [1.29, 1.82) is 0 Å². The summed E-state index contributed by atoms with van der Waals surface area (Å²) >= 11 is 0. The van der Waals surface area contributed by atoms with Crippen molar-refractivity contribution in [3.63, 3.8) is 0 Å². The molecule has 0 heterocycles. The molecule has 2 nitrogen and oxygen atoms in total. The molecule has 181 valence electrons. The van der Waals surface area contributed by atoms with Gasteiger partial charge in [0, 0.05) is 6.61 Å². The van der Waals surface area contributed by atoms with Crippen LogP contribution in [0.5, 0.6) is 0 Å². The number of fused-ring (bicyclic) bond motifs is 7. The molecule has 5 aliphatic carbocycles. The highest BCUT2D eigenvalue weighted by molar-refractivity contribution is 5.22. The van der Waals surface area contributed by atoms with Crippen LogP contribution < -0.4 is 0 Å². The Kier molecular flexibility index (Phi) is 5.19. The molecule has 1 unspecified atom stereocenters. The molecule has 32 heavy (non-hydrogen) atoms. The molecule has 0 aromatic carbocycles. The lowest BCUT2D eigenvalue weighted by atomic mass is 9.32. The first-order valence-corrected chi connectivity index (χ1v) is 13.7. The van der Waals surface area contributed by atoms with E-state index in [0.29, 0.717) is 46.5 Å². The highest BCUT2D eigenvalue weighted by atomic mass is 16.3. The smallest absolute Gasteiger partial charge is 0.0594 e. The number of hydrogen-bond donors (Lipinski definition) is 2. The fourth-order valence-corrected chi connectivity index (χ4v) is 11.5. The fraction of sp³-hybridized carbons (Fsp3) is 0.900. The molecule has 0 aromatic heterocycles. The average molecular weight is 442 g/mol. The molecule has 0 amide bonds. The van der Waals surface area contributed by atoms with E-state index in [1.165, 1.54) is 51.4 Å². The van der Waals surface area contributed by atoms with E-state index in [1.807, 2.05) is 0 Å². The molecule has 0 aliphatic heterocycles. The summed E-state index contributed by atoms with van der Waals surface area (Å²) in [5.74, 6) is 3.09. The van der Waals surface area contributed by atoms with Crippen molar-refractivity contribution in [3.05, 3.63) is 19.1 Å². The third-order valence-corrected chi connectivity index (χ3v) is 13.4. The molecule has 5 saturated carbocycles. The van der Waals surface area contributed by atoms with E-state index in [4.69, 9.17) is 0 Å². The SMILES string of the molecule is [CH2]C(=C)[C@@H]1CC[C@]2(CO)CC[C@]3(C)[C@H](CCC4[C@@]5(C)CC[C@H](O)C(C)(C)[C@@H]5CC[C@]43C)[C@@H]12. The van der Waals surface area contributed by atoms with E-state index >= 15 is 0 Å². The second-order valence-corrected chi connectivity index (χ2v) is 14.4. The number of aliphatic hydroxyl groups excluding tert-OH is 2. The zero-order chi connectivity index (χ0) is 23.3. The van der Waals surface area contributed by atoms with Gasteiger partial charge in [0.1, 0.15) is 0 Å². The Morgan fingerprint density at radius 3 is 2.19 bits per heavy atom.